The lowest BCUT2D eigenvalue weighted by Gasteiger charge is -2.24. The number of benzene rings is 1. The molecule has 2 rings (SSSR count). The molecular formula is C15H24N2O5S. The summed E-state index contributed by atoms with van der Waals surface area (Å²) in [6.45, 7) is 1.75. The van der Waals surface area contributed by atoms with Crippen LogP contribution in [-0.4, -0.2) is 63.1 Å². The van der Waals surface area contributed by atoms with Gasteiger partial charge in [-0.2, -0.15) is 17.0 Å². The number of rotatable bonds is 7. The standard InChI is InChI=1S/C15H24N2O5S/c1-16(9-12-4-5-15(22-3)14(18)8-12)23(19,20)17-7-6-13(10-17)11-21-2/h4-5,8,13,18H,6-7,9-11H2,1-3H3. The minimum atomic E-state index is -3.52. The average Bonchev–Trinajstić information content (AvgIpc) is 2.97. The summed E-state index contributed by atoms with van der Waals surface area (Å²) in [6, 6.07) is 4.88. The van der Waals surface area contributed by atoms with Crippen molar-refractivity contribution in [1.29, 1.82) is 0 Å². The molecule has 1 aromatic carbocycles. The molecule has 1 aliphatic rings. The van der Waals surface area contributed by atoms with Crippen molar-refractivity contribution in [3.05, 3.63) is 23.8 Å². The highest BCUT2D eigenvalue weighted by Gasteiger charge is 2.34. The van der Waals surface area contributed by atoms with Gasteiger partial charge in [-0.15, -0.1) is 0 Å². The van der Waals surface area contributed by atoms with Gasteiger partial charge in [0.1, 0.15) is 0 Å². The second-order valence-corrected chi connectivity index (χ2v) is 7.77. The molecule has 0 spiro atoms. The van der Waals surface area contributed by atoms with Gasteiger partial charge in [-0.1, -0.05) is 6.07 Å². The van der Waals surface area contributed by atoms with Crippen molar-refractivity contribution in [2.75, 3.05) is 41.0 Å². The summed E-state index contributed by atoms with van der Waals surface area (Å²) in [6.07, 6.45) is 0.810. The van der Waals surface area contributed by atoms with Gasteiger partial charge in [0.15, 0.2) is 11.5 Å². The third kappa shape index (κ3) is 4.14. The Balaban J connectivity index is 2.04. The molecule has 1 atom stereocenters. The highest BCUT2D eigenvalue weighted by Crippen LogP contribution is 2.27. The SMILES string of the molecule is COCC1CCN(S(=O)(=O)N(C)Cc2ccc(OC)c(O)c2)C1. The van der Waals surface area contributed by atoms with Crippen molar-refractivity contribution >= 4 is 10.2 Å². The lowest BCUT2D eigenvalue weighted by molar-refractivity contribution is 0.157. The summed E-state index contributed by atoms with van der Waals surface area (Å²) in [4.78, 5) is 0. The monoisotopic (exact) mass is 344 g/mol. The second kappa shape index (κ2) is 7.48. The van der Waals surface area contributed by atoms with Crippen LogP contribution in [0.2, 0.25) is 0 Å². The predicted octanol–water partition coefficient (Wildman–Crippen LogP) is 1.05. The molecule has 7 nitrogen and oxygen atoms in total. The van der Waals surface area contributed by atoms with Gasteiger partial charge >= 0.3 is 0 Å². The van der Waals surface area contributed by atoms with Crippen LogP contribution in [-0.2, 0) is 21.5 Å². The van der Waals surface area contributed by atoms with Gasteiger partial charge in [-0.3, -0.25) is 0 Å². The molecule has 0 aromatic heterocycles. The Labute approximate surface area is 137 Å². The fourth-order valence-corrected chi connectivity index (χ4v) is 4.19. The van der Waals surface area contributed by atoms with Crippen molar-refractivity contribution < 1.29 is 23.0 Å². The molecule has 0 amide bonds. The third-order valence-corrected chi connectivity index (χ3v) is 5.92. The van der Waals surface area contributed by atoms with Gasteiger partial charge in [0, 0.05) is 33.8 Å². The number of hydrogen-bond donors (Lipinski definition) is 1. The van der Waals surface area contributed by atoms with Crippen LogP contribution in [0.25, 0.3) is 0 Å². The van der Waals surface area contributed by atoms with Crippen molar-refractivity contribution in [3.8, 4) is 11.5 Å². The molecule has 1 aliphatic heterocycles. The van der Waals surface area contributed by atoms with Crippen LogP contribution in [0.4, 0.5) is 0 Å². The highest BCUT2D eigenvalue weighted by molar-refractivity contribution is 7.86. The van der Waals surface area contributed by atoms with Crippen molar-refractivity contribution in [1.82, 2.24) is 8.61 Å². The molecule has 0 saturated carbocycles. The number of hydrogen-bond acceptors (Lipinski definition) is 5. The Morgan fingerprint density at radius 3 is 2.74 bits per heavy atom. The average molecular weight is 344 g/mol. The molecule has 0 bridgehead atoms. The molecule has 0 radical (unpaired) electrons. The molecule has 130 valence electrons. The number of ether oxygens (including phenoxy) is 2. The fraction of sp³-hybridized carbons (Fsp3) is 0.600. The van der Waals surface area contributed by atoms with E-state index in [-0.39, 0.29) is 18.2 Å². The Bertz CT molecular complexity index is 635. The van der Waals surface area contributed by atoms with E-state index in [9.17, 15) is 13.5 Å². The minimum Gasteiger partial charge on any atom is -0.504 e. The number of phenols is 1. The normalized spacial score (nSPS) is 19.4. The maximum absolute atomic E-state index is 12.6. The number of phenolic OH excluding ortho intramolecular Hbond substituents is 1. The van der Waals surface area contributed by atoms with Crippen LogP contribution in [0.1, 0.15) is 12.0 Å². The minimum absolute atomic E-state index is 0.00266. The van der Waals surface area contributed by atoms with Crippen molar-refractivity contribution in [3.63, 3.8) is 0 Å². The first-order valence-corrected chi connectivity index (χ1v) is 8.84. The Kier molecular flexibility index (Phi) is 5.85. The fourth-order valence-electron chi connectivity index (χ4n) is 2.75. The number of aromatic hydroxyl groups is 1. The maximum Gasteiger partial charge on any atom is 0.282 e. The first-order valence-electron chi connectivity index (χ1n) is 7.44. The first-order chi connectivity index (χ1) is 10.9. The Morgan fingerprint density at radius 2 is 2.13 bits per heavy atom. The summed E-state index contributed by atoms with van der Waals surface area (Å²) in [5, 5.41) is 9.80. The molecule has 0 aliphatic carbocycles. The maximum atomic E-state index is 12.6. The van der Waals surface area contributed by atoms with E-state index in [0.29, 0.717) is 31.0 Å². The zero-order valence-corrected chi connectivity index (χ0v) is 14.5. The number of nitrogens with zero attached hydrogens (tertiary/aromatic N) is 2. The van der Waals surface area contributed by atoms with Gasteiger partial charge in [-0.05, 0) is 30.0 Å². The van der Waals surface area contributed by atoms with Gasteiger partial charge in [-0.25, -0.2) is 0 Å². The predicted molar refractivity (Wildman–Crippen MR) is 86.6 cm³/mol. The van der Waals surface area contributed by atoms with E-state index in [1.165, 1.54) is 21.8 Å². The summed E-state index contributed by atoms with van der Waals surface area (Å²) in [5.74, 6) is 0.603. The van der Waals surface area contributed by atoms with Crippen molar-refractivity contribution in [2.24, 2.45) is 5.92 Å². The van der Waals surface area contributed by atoms with Crippen LogP contribution < -0.4 is 4.74 Å². The largest absolute Gasteiger partial charge is 0.504 e. The van der Waals surface area contributed by atoms with E-state index in [4.69, 9.17) is 9.47 Å². The topological polar surface area (TPSA) is 79.3 Å². The quantitative estimate of drug-likeness (QED) is 0.800. The Hall–Kier alpha value is -1.35. The van der Waals surface area contributed by atoms with E-state index in [1.807, 2.05) is 0 Å². The molecule has 8 heteroatoms. The van der Waals surface area contributed by atoms with Crippen LogP contribution >= 0.6 is 0 Å². The van der Waals surface area contributed by atoms with E-state index in [1.54, 1.807) is 26.3 Å². The first kappa shape index (κ1) is 18.0. The van der Waals surface area contributed by atoms with Crippen LogP contribution in [0.15, 0.2) is 18.2 Å². The zero-order valence-electron chi connectivity index (χ0n) is 13.7. The molecule has 1 fully saturated rings. The van der Waals surface area contributed by atoms with Gasteiger partial charge in [0.2, 0.25) is 0 Å². The second-order valence-electron chi connectivity index (χ2n) is 5.74. The van der Waals surface area contributed by atoms with Crippen LogP contribution in [0.5, 0.6) is 11.5 Å². The highest BCUT2D eigenvalue weighted by atomic mass is 32.2. The lowest BCUT2D eigenvalue weighted by Crippen LogP contribution is -2.40. The van der Waals surface area contributed by atoms with Gasteiger partial charge in [0.25, 0.3) is 10.2 Å². The zero-order chi connectivity index (χ0) is 17.0. The molecule has 1 aromatic rings. The summed E-state index contributed by atoms with van der Waals surface area (Å²) in [7, 11) is 1.12. The molecule has 1 saturated heterocycles. The van der Waals surface area contributed by atoms with Crippen LogP contribution in [0.3, 0.4) is 0 Å². The summed E-state index contributed by atoms with van der Waals surface area (Å²) in [5.41, 5.74) is 0.696. The van der Waals surface area contributed by atoms with Gasteiger partial charge < -0.3 is 14.6 Å². The molecule has 1 unspecified atom stereocenters. The third-order valence-electron chi connectivity index (χ3n) is 4.02. The van der Waals surface area contributed by atoms with E-state index >= 15 is 0 Å². The Morgan fingerprint density at radius 1 is 1.39 bits per heavy atom. The summed E-state index contributed by atoms with van der Waals surface area (Å²) >= 11 is 0. The summed E-state index contributed by atoms with van der Waals surface area (Å²) < 4.78 is 38.1. The smallest absolute Gasteiger partial charge is 0.282 e. The van der Waals surface area contributed by atoms with E-state index in [0.717, 1.165) is 6.42 Å². The van der Waals surface area contributed by atoms with Crippen LogP contribution in [0, 0.1) is 5.92 Å². The van der Waals surface area contributed by atoms with Gasteiger partial charge in [0.05, 0.1) is 13.7 Å². The van der Waals surface area contributed by atoms with Crippen molar-refractivity contribution in [2.45, 2.75) is 13.0 Å². The molecule has 23 heavy (non-hydrogen) atoms. The molecule has 1 heterocycles. The lowest BCUT2D eigenvalue weighted by atomic mass is 10.1. The number of methoxy groups -OCH3 is 2. The van der Waals surface area contributed by atoms with E-state index in [2.05, 4.69) is 0 Å². The molecular weight excluding hydrogens is 320 g/mol. The van der Waals surface area contributed by atoms with E-state index < -0.39 is 10.2 Å². The molecule has 1 N–H and O–H groups in total.